The number of hydrogen-bond acceptors (Lipinski definition) is 7. The van der Waals surface area contributed by atoms with E-state index in [1.165, 1.54) is 0 Å². The van der Waals surface area contributed by atoms with Crippen molar-refractivity contribution in [1.82, 2.24) is 0 Å². The summed E-state index contributed by atoms with van der Waals surface area (Å²) in [4.78, 5) is 37.3. The molecule has 0 heterocycles. The molecular formula is Fe2O7P2. The Balaban J connectivity index is -0.000000320. The second-order valence-corrected chi connectivity index (χ2v) is 3.42. The molecule has 68 valence electrons. The van der Waals surface area contributed by atoms with Crippen molar-refractivity contribution in [3.63, 3.8) is 0 Å². The van der Waals surface area contributed by atoms with Crippen molar-refractivity contribution in [3.8, 4) is 0 Å². The van der Waals surface area contributed by atoms with Crippen LogP contribution in [-0.2, 0) is 47.6 Å². The molecule has 0 aromatic rings. The fraction of sp³-hybridized carbons (Fsp3) is 0. The van der Waals surface area contributed by atoms with E-state index in [9.17, 15) is 28.7 Å². The van der Waals surface area contributed by atoms with Crippen LogP contribution >= 0.6 is 15.6 Å². The van der Waals surface area contributed by atoms with Gasteiger partial charge in [0.2, 0.25) is 0 Å². The van der Waals surface area contributed by atoms with Crippen LogP contribution in [0.4, 0.5) is 0 Å². The fourth-order valence-electron chi connectivity index (χ4n) is 0.122. The van der Waals surface area contributed by atoms with E-state index in [4.69, 9.17) is 0 Å². The molecule has 0 spiro atoms. The Hall–Kier alpha value is 1.30. The quantitative estimate of drug-likeness (QED) is 0.382. The Bertz CT molecular complexity index is 155. The van der Waals surface area contributed by atoms with Gasteiger partial charge in [0.25, 0.3) is 0 Å². The SMILES string of the molecule is O=P([O-])([O-])OP(=O)([O-])[O-].[Fe+2].[Fe+2]. The second kappa shape index (κ2) is 5.86. The van der Waals surface area contributed by atoms with Crippen LogP contribution in [0.5, 0.6) is 0 Å². The summed E-state index contributed by atoms with van der Waals surface area (Å²) in [6.45, 7) is 0. The standard InChI is InChI=1S/2Fe.H4O7P2/c;;1-8(2,3)7-9(4,5)6/h;;(H2,1,2,3)(H2,4,5,6)/q2*+2;/p-4. The molecule has 0 unspecified atom stereocenters. The molecule has 0 aliphatic carbocycles. The molecule has 0 saturated heterocycles. The van der Waals surface area contributed by atoms with Crippen LogP contribution in [0.25, 0.3) is 0 Å². The van der Waals surface area contributed by atoms with Gasteiger partial charge in [0.15, 0.2) is 0 Å². The van der Waals surface area contributed by atoms with E-state index in [1.807, 2.05) is 0 Å². The van der Waals surface area contributed by atoms with Crippen molar-refractivity contribution >= 4 is 15.6 Å². The molecule has 0 aliphatic rings. The van der Waals surface area contributed by atoms with Gasteiger partial charge >= 0.3 is 34.1 Å². The Morgan fingerprint density at radius 1 is 0.818 bits per heavy atom. The Morgan fingerprint density at radius 3 is 1.00 bits per heavy atom. The van der Waals surface area contributed by atoms with Crippen molar-refractivity contribution in [1.29, 1.82) is 0 Å². The van der Waals surface area contributed by atoms with Crippen molar-refractivity contribution in [2.24, 2.45) is 0 Å². The van der Waals surface area contributed by atoms with Crippen LogP contribution in [0, 0.1) is 0 Å². The molecule has 0 aromatic carbocycles. The van der Waals surface area contributed by atoms with Gasteiger partial charge in [-0.15, -0.1) is 0 Å². The second-order valence-electron chi connectivity index (χ2n) is 0.976. The first-order valence-corrected chi connectivity index (χ1v) is 4.38. The van der Waals surface area contributed by atoms with Crippen LogP contribution in [0.15, 0.2) is 0 Å². The molecule has 11 heteroatoms. The Labute approximate surface area is 83.0 Å². The summed E-state index contributed by atoms with van der Waals surface area (Å²) in [6, 6.07) is 0. The van der Waals surface area contributed by atoms with E-state index in [2.05, 4.69) is 4.31 Å². The first-order chi connectivity index (χ1) is 3.71. The number of rotatable bonds is 2. The first kappa shape index (κ1) is 18.2. The maximum Gasteiger partial charge on any atom is 2.00 e. The normalized spacial score (nSPS) is 11.3. The van der Waals surface area contributed by atoms with Gasteiger partial charge in [0, 0.05) is 0 Å². The zero-order valence-electron chi connectivity index (χ0n) is 4.46. The molecule has 0 atom stereocenters. The molecule has 7 nitrogen and oxygen atoms in total. The van der Waals surface area contributed by atoms with E-state index in [1.54, 1.807) is 0 Å². The zero-order valence-corrected chi connectivity index (χ0v) is 8.46. The van der Waals surface area contributed by atoms with E-state index >= 15 is 0 Å². The van der Waals surface area contributed by atoms with Crippen LogP contribution < -0.4 is 19.6 Å². The van der Waals surface area contributed by atoms with E-state index in [0.29, 0.717) is 0 Å². The summed E-state index contributed by atoms with van der Waals surface area (Å²) >= 11 is 0. The average molecular weight is 286 g/mol. The van der Waals surface area contributed by atoms with Crippen LogP contribution in [0.2, 0.25) is 0 Å². The average Bonchev–Trinajstić information content (AvgIpc) is 1.14. The number of hydrogen-bond donors (Lipinski definition) is 0. The largest absolute Gasteiger partial charge is 2.00 e. The molecular weight excluding hydrogens is 286 g/mol. The van der Waals surface area contributed by atoms with E-state index in [0.717, 1.165) is 0 Å². The van der Waals surface area contributed by atoms with Gasteiger partial charge in [0.1, 0.15) is 0 Å². The molecule has 0 bridgehead atoms. The van der Waals surface area contributed by atoms with Crippen LogP contribution in [0.3, 0.4) is 0 Å². The predicted molar refractivity (Wildman–Crippen MR) is 16.3 cm³/mol. The first-order valence-electron chi connectivity index (χ1n) is 1.46. The van der Waals surface area contributed by atoms with Crippen molar-refractivity contribution in [2.45, 2.75) is 0 Å². The Kier molecular flexibility index (Phi) is 9.68. The minimum atomic E-state index is -5.68. The van der Waals surface area contributed by atoms with Crippen molar-refractivity contribution < 1.29 is 67.2 Å². The van der Waals surface area contributed by atoms with Crippen LogP contribution in [-0.4, -0.2) is 0 Å². The van der Waals surface area contributed by atoms with Gasteiger partial charge in [-0.2, -0.15) is 0 Å². The Morgan fingerprint density at radius 2 is 1.00 bits per heavy atom. The molecule has 0 saturated carbocycles. The van der Waals surface area contributed by atoms with Gasteiger partial charge in [-0.25, -0.2) is 0 Å². The minimum absolute atomic E-state index is 0. The van der Waals surface area contributed by atoms with Gasteiger partial charge in [0.05, 0.1) is 15.6 Å². The minimum Gasteiger partial charge on any atom is -0.790 e. The van der Waals surface area contributed by atoms with Gasteiger partial charge in [-0.1, -0.05) is 0 Å². The van der Waals surface area contributed by atoms with Crippen LogP contribution in [0.1, 0.15) is 0 Å². The third-order valence-electron chi connectivity index (χ3n) is 0.200. The van der Waals surface area contributed by atoms with E-state index < -0.39 is 15.6 Å². The summed E-state index contributed by atoms with van der Waals surface area (Å²) in [7, 11) is -11.4. The van der Waals surface area contributed by atoms with E-state index in [-0.39, 0.29) is 34.1 Å². The van der Waals surface area contributed by atoms with Gasteiger partial charge < -0.3 is 33.0 Å². The molecule has 0 aliphatic heterocycles. The van der Waals surface area contributed by atoms with Gasteiger partial charge in [-0.3, -0.25) is 0 Å². The zero-order chi connectivity index (χ0) is 7.71. The van der Waals surface area contributed by atoms with Gasteiger partial charge in [-0.05, 0) is 0 Å². The maximum absolute atomic E-state index is 9.32. The molecule has 0 radical (unpaired) electrons. The predicted octanol–water partition coefficient (Wildman–Crippen LogP) is -3.34. The van der Waals surface area contributed by atoms with Crippen molar-refractivity contribution in [3.05, 3.63) is 0 Å². The fourth-order valence-corrected chi connectivity index (χ4v) is 1.10. The molecule has 0 fully saturated rings. The molecule has 11 heavy (non-hydrogen) atoms. The summed E-state index contributed by atoms with van der Waals surface area (Å²) in [6.07, 6.45) is 0. The number of phosphoric acid groups is 2. The summed E-state index contributed by atoms with van der Waals surface area (Å²) in [5, 5.41) is 0. The molecule has 0 N–H and O–H groups in total. The molecule has 0 amide bonds. The molecule has 0 rings (SSSR count). The maximum atomic E-state index is 9.32. The third kappa shape index (κ3) is 18.3. The third-order valence-corrected chi connectivity index (χ3v) is 1.80. The summed E-state index contributed by atoms with van der Waals surface area (Å²) < 4.78 is 21.2. The summed E-state index contributed by atoms with van der Waals surface area (Å²) in [5.41, 5.74) is 0. The molecule has 0 aromatic heterocycles. The topological polar surface area (TPSA) is 136 Å². The van der Waals surface area contributed by atoms with Crippen molar-refractivity contribution in [2.75, 3.05) is 0 Å². The smallest absolute Gasteiger partial charge is 0.790 e. The monoisotopic (exact) mass is 286 g/mol. The summed E-state index contributed by atoms with van der Waals surface area (Å²) in [5.74, 6) is 0.